The Bertz CT molecular complexity index is 968. The minimum Gasteiger partial charge on any atom is -0.446 e. The van der Waals surface area contributed by atoms with Crippen molar-refractivity contribution >= 4 is 22.8 Å². The second-order valence-corrected chi connectivity index (χ2v) is 8.51. The minimum atomic E-state index is -0.345. The number of alkyl carbamates (subject to hydrolysis) is 1. The van der Waals surface area contributed by atoms with Gasteiger partial charge in [0.15, 0.2) is 5.65 Å². The topological polar surface area (TPSA) is 84.3 Å². The first kappa shape index (κ1) is 17.8. The summed E-state index contributed by atoms with van der Waals surface area (Å²) in [7, 11) is 0. The van der Waals surface area contributed by atoms with Gasteiger partial charge in [-0.05, 0) is 57.7 Å². The first-order valence-corrected chi connectivity index (χ1v) is 9.65. The number of hydrogen-bond acceptors (Lipinski definition) is 4. The molecule has 0 bridgehead atoms. The molecule has 3 atom stereocenters. The van der Waals surface area contributed by atoms with Crippen molar-refractivity contribution in [1.29, 1.82) is 0 Å². The number of fused-ring (bicyclic) bond motifs is 3. The maximum Gasteiger partial charge on any atom is 0.407 e. The Hall–Kier alpha value is -2.57. The first-order chi connectivity index (χ1) is 12.9. The molecule has 0 saturated heterocycles. The van der Waals surface area contributed by atoms with Crippen LogP contribution in [0.1, 0.15) is 58.7 Å². The summed E-state index contributed by atoms with van der Waals surface area (Å²) >= 11 is 0. The third-order valence-electron chi connectivity index (χ3n) is 5.37. The van der Waals surface area contributed by atoms with Crippen LogP contribution < -0.4 is 5.32 Å². The van der Waals surface area contributed by atoms with E-state index in [-0.39, 0.29) is 23.7 Å². The van der Waals surface area contributed by atoms with E-state index in [1.807, 2.05) is 39.1 Å². The van der Waals surface area contributed by atoms with Gasteiger partial charge in [-0.15, -0.1) is 10.2 Å². The molecule has 1 fully saturated rings. The lowest BCUT2D eigenvalue weighted by molar-refractivity contribution is 0.0918. The number of aromatic nitrogens is 4. The van der Waals surface area contributed by atoms with E-state index in [2.05, 4.69) is 37.9 Å². The summed E-state index contributed by atoms with van der Waals surface area (Å²) in [4.78, 5) is 15.4. The van der Waals surface area contributed by atoms with Crippen LogP contribution in [0.5, 0.6) is 0 Å². The van der Waals surface area contributed by atoms with Crippen LogP contribution in [0.2, 0.25) is 0 Å². The van der Waals surface area contributed by atoms with Crippen LogP contribution in [-0.4, -0.2) is 37.3 Å². The minimum absolute atomic E-state index is 0.0972. The second-order valence-electron chi connectivity index (χ2n) is 8.51. The lowest BCUT2D eigenvalue weighted by Gasteiger charge is -2.22. The number of pyridine rings is 1. The average Bonchev–Trinajstić information content (AvgIpc) is 3.28. The smallest absolute Gasteiger partial charge is 0.407 e. The van der Waals surface area contributed by atoms with E-state index >= 15 is 0 Å². The van der Waals surface area contributed by atoms with E-state index in [0.717, 1.165) is 41.8 Å². The lowest BCUT2D eigenvalue weighted by Crippen LogP contribution is -2.42. The van der Waals surface area contributed by atoms with Gasteiger partial charge in [0, 0.05) is 17.7 Å². The molecule has 27 heavy (non-hydrogen) atoms. The molecule has 0 aliphatic heterocycles. The number of nitrogens with one attached hydrogen (secondary N) is 2. The van der Waals surface area contributed by atoms with E-state index < -0.39 is 0 Å². The summed E-state index contributed by atoms with van der Waals surface area (Å²) in [5, 5.41) is 11.8. The first-order valence-electron chi connectivity index (χ1n) is 9.65. The molecular weight excluding hydrogens is 342 g/mol. The van der Waals surface area contributed by atoms with Crippen LogP contribution >= 0.6 is 0 Å². The highest BCUT2D eigenvalue weighted by molar-refractivity contribution is 5.79. The zero-order valence-electron chi connectivity index (χ0n) is 16.3. The van der Waals surface area contributed by atoms with Crippen molar-refractivity contribution in [2.45, 2.75) is 64.5 Å². The van der Waals surface area contributed by atoms with Gasteiger partial charge in [-0.2, -0.15) is 0 Å². The number of carbonyl (C=O) groups is 1. The van der Waals surface area contributed by atoms with E-state index in [0.29, 0.717) is 5.92 Å². The van der Waals surface area contributed by atoms with Crippen LogP contribution in [-0.2, 0) is 4.74 Å². The summed E-state index contributed by atoms with van der Waals surface area (Å²) in [5.41, 5.74) is 2.69. The summed E-state index contributed by atoms with van der Waals surface area (Å²) in [6.45, 7) is 8.03. The molecule has 0 spiro atoms. The summed E-state index contributed by atoms with van der Waals surface area (Å²) in [5.74, 6) is 1.60. The summed E-state index contributed by atoms with van der Waals surface area (Å²) < 4.78 is 7.85. The molecule has 1 amide bonds. The Labute approximate surface area is 158 Å². The molecule has 1 aliphatic carbocycles. The number of nitrogens with zero attached hydrogens (tertiary/aromatic N) is 3. The van der Waals surface area contributed by atoms with Gasteiger partial charge in [-0.3, -0.25) is 4.40 Å². The number of amides is 1. The Kier molecular flexibility index (Phi) is 4.32. The van der Waals surface area contributed by atoms with Gasteiger partial charge in [0.05, 0.1) is 11.0 Å². The lowest BCUT2D eigenvalue weighted by atomic mass is 9.93. The van der Waals surface area contributed by atoms with Crippen molar-refractivity contribution in [3.8, 4) is 0 Å². The fourth-order valence-electron chi connectivity index (χ4n) is 4.19. The highest BCUT2D eigenvalue weighted by atomic mass is 16.6. The molecular formula is C20H27N5O2. The Morgan fingerprint density at radius 3 is 2.85 bits per heavy atom. The third-order valence-corrected chi connectivity index (χ3v) is 5.37. The number of rotatable bonds is 3. The van der Waals surface area contributed by atoms with Gasteiger partial charge < -0.3 is 15.0 Å². The molecule has 4 rings (SSSR count). The second kappa shape index (κ2) is 6.55. The maximum absolute atomic E-state index is 12.2. The monoisotopic (exact) mass is 369 g/mol. The van der Waals surface area contributed by atoms with Crippen molar-refractivity contribution < 1.29 is 9.53 Å². The average molecular weight is 369 g/mol. The normalized spacial score (nSPS) is 23.2. The van der Waals surface area contributed by atoms with Crippen LogP contribution in [0.4, 0.5) is 4.79 Å². The predicted molar refractivity (Wildman–Crippen MR) is 104 cm³/mol. The fraction of sp³-hybridized carbons (Fsp3) is 0.550. The molecule has 1 saturated carbocycles. The van der Waals surface area contributed by atoms with Gasteiger partial charge in [0.25, 0.3) is 0 Å². The molecule has 0 radical (unpaired) electrons. The maximum atomic E-state index is 12.2. The number of aromatic amines is 1. The number of ether oxygens (including phenoxy) is 1. The van der Waals surface area contributed by atoms with Gasteiger partial charge in [-0.25, -0.2) is 4.79 Å². The van der Waals surface area contributed by atoms with E-state index in [4.69, 9.17) is 4.74 Å². The molecule has 3 heterocycles. The van der Waals surface area contributed by atoms with Crippen LogP contribution in [0.3, 0.4) is 0 Å². The van der Waals surface area contributed by atoms with Crippen molar-refractivity contribution in [2.75, 3.05) is 0 Å². The zero-order chi connectivity index (χ0) is 19.2. The summed E-state index contributed by atoms with van der Waals surface area (Å²) in [6, 6.07) is 6.06. The van der Waals surface area contributed by atoms with Crippen LogP contribution in [0.25, 0.3) is 16.7 Å². The predicted octanol–water partition coefficient (Wildman–Crippen LogP) is 4.01. The van der Waals surface area contributed by atoms with Crippen molar-refractivity contribution in [1.82, 2.24) is 24.9 Å². The highest BCUT2D eigenvalue weighted by Gasteiger charge is 2.39. The zero-order valence-corrected chi connectivity index (χ0v) is 16.3. The molecule has 7 nitrogen and oxygen atoms in total. The van der Waals surface area contributed by atoms with E-state index in [9.17, 15) is 4.79 Å². The molecule has 2 N–H and O–H groups in total. The van der Waals surface area contributed by atoms with E-state index in [1.54, 1.807) is 0 Å². The van der Waals surface area contributed by atoms with Crippen molar-refractivity contribution in [2.24, 2.45) is 5.92 Å². The third kappa shape index (κ3) is 3.38. The van der Waals surface area contributed by atoms with Crippen molar-refractivity contribution in [3.05, 3.63) is 30.2 Å². The SMILES string of the molecule is CC[C@@H]1C[C@H](OC(=O)NC(C)(C)C)CC1c1nnc2ccc3[nH]ccc3n12. The van der Waals surface area contributed by atoms with Crippen molar-refractivity contribution in [3.63, 3.8) is 0 Å². The molecule has 1 unspecified atom stereocenters. The molecule has 1 aliphatic rings. The fourth-order valence-corrected chi connectivity index (χ4v) is 4.19. The van der Waals surface area contributed by atoms with Crippen LogP contribution in [0.15, 0.2) is 24.4 Å². The Morgan fingerprint density at radius 1 is 1.30 bits per heavy atom. The van der Waals surface area contributed by atoms with Gasteiger partial charge in [0.1, 0.15) is 11.9 Å². The largest absolute Gasteiger partial charge is 0.446 e. The molecule has 0 aromatic carbocycles. The Balaban J connectivity index is 1.61. The number of hydrogen-bond donors (Lipinski definition) is 2. The standard InChI is InChI=1S/C20H27N5O2/c1-5-12-10-13(27-19(26)22-20(2,3)4)11-14(12)18-24-23-17-7-6-15-16(25(17)18)8-9-21-15/h6-9,12-14,21H,5,10-11H2,1-4H3,(H,22,26)/t12-,13+,14?/m1/s1. The molecule has 3 aromatic rings. The summed E-state index contributed by atoms with van der Waals surface area (Å²) in [6.07, 6.45) is 4.14. The highest BCUT2D eigenvalue weighted by Crippen LogP contribution is 2.42. The van der Waals surface area contributed by atoms with Gasteiger partial charge in [0.2, 0.25) is 0 Å². The Morgan fingerprint density at radius 2 is 2.11 bits per heavy atom. The van der Waals surface area contributed by atoms with E-state index in [1.165, 1.54) is 0 Å². The van der Waals surface area contributed by atoms with Gasteiger partial charge >= 0.3 is 6.09 Å². The van der Waals surface area contributed by atoms with Crippen LogP contribution in [0, 0.1) is 5.92 Å². The molecule has 7 heteroatoms. The molecule has 144 valence electrons. The quantitative estimate of drug-likeness (QED) is 0.731. The van der Waals surface area contributed by atoms with Gasteiger partial charge in [-0.1, -0.05) is 13.3 Å². The molecule has 3 aromatic heterocycles. The number of carbonyl (C=O) groups excluding carboxylic acids is 1. The number of H-pyrrole nitrogens is 1.